The highest BCUT2D eigenvalue weighted by atomic mass is 16.7. The number of hydrogen-bond donors (Lipinski definition) is 2. The van der Waals surface area contributed by atoms with E-state index in [1.54, 1.807) is 24.3 Å². The number of anilines is 1. The molecule has 0 radical (unpaired) electrons. The van der Waals surface area contributed by atoms with Crippen molar-refractivity contribution in [3.63, 3.8) is 0 Å². The highest BCUT2D eigenvalue weighted by molar-refractivity contribution is 5.98. The van der Waals surface area contributed by atoms with Gasteiger partial charge in [0.25, 0.3) is 5.91 Å². The topological polar surface area (TPSA) is 98.6 Å². The van der Waals surface area contributed by atoms with Crippen molar-refractivity contribution in [2.45, 2.75) is 0 Å². The number of hydroxylamine groups is 1. The number of amides is 1. The first kappa shape index (κ1) is 13.1. The van der Waals surface area contributed by atoms with Crippen LogP contribution in [-0.4, -0.2) is 25.0 Å². The zero-order chi connectivity index (χ0) is 11.8. The van der Waals surface area contributed by atoms with Gasteiger partial charge in [0.05, 0.1) is 12.7 Å². The minimum absolute atomic E-state index is 0.326. The van der Waals surface area contributed by atoms with Crippen molar-refractivity contribution in [2.24, 2.45) is 5.84 Å². The quantitative estimate of drug-likeness (QED) is 0.309. The van der Waals surface area contributed by atoms with Crippen molar-refractivity contribution in [3.8, 4) is 0 Å². The number of nitrogens with zero attached hydrogens (tertiary/aromatic N) is 1. The van der Waals surface area contributed by atoms with E-state index in [0.29, 0.717) is 16.4 Å². The van der Waals surface area contributed by atoms with Crippen LogP contribution in [0.5, 0.6) is 0 Å². The van der Waals surface area contributed by atoms with Gasteiger partial charge in [-0.1, -0.05) is 12.1 Å². The van der Waals surface area contributed by atoms with Crippen LogP contribution in [0.1, 0.15) is 10.4 Å². The number of carbonyl (C=O) groups is 2. The lowest BCUT2D eigenvalue weighted by Crippen LogP contribution is -2.36. The molecule has 0 saturated heterocycles. The molecule has 0 aliphatic rings. The number of carbonyl (C=O) groups excluding carboxylic acids is 2. The summed E-state index contributed by atoms with van der Waals surface area (Å²) in [6.07, 6.45) is 0. The van der Waals surface area contributed by atoms with Gasteiger partial charge in [-0.2, -0.15) is 0 Å². The molecule has 1 aromatic rings. The molecule has 0 atom stereocenters. The summed E-state index contributed by atoms with van der Waals surface area (Å²) in [5, 5.41) is 0.631. The number of nitrogen functional groups attached to an aromatic ring is 1. The zero-order valence-electron chi connectivity index (χ0n) is 8.34. The van der Waals surface area contributed by atoms with Crippen LogP contribution in [0.3, 0.4) is 0 Å². The van der Waals surface area contributed by atoms with Crippen molar-refractivity contribution in [3.05, 3.63) is 29.8 Å². The average Bonchev–Trinajstić information content (AvgIpc) is 2.30. The van der Waals surface area contributed by atoms with Gasteiger partial charge in [-0.25, -0.2) is 5.84 Å². The standard InChI is InChI=1S/C8H11N3O2.CH2O/c1-13-11(10)8(12)6-4-2-3-5-7(6)9;1-2/h2-5H,9-10H2,1H3;1H2. The van der Waals surface area contributed by atoms with Gasteiger partial charge >= 0.3 is 0 Å². The van der Waals surface area contributed by atoms with Crippen molar-refractivity contribution >= 4 is 18.4 Å². The third-order valence-electron chi connectivity index (χ3n) is 1.59. The Morgan fingerprint density at radius 2 is 1.93 bits per heavy atom. The number of para-hydroxylation sites is 1. The normalized spacial score (nSPS) is 8.67. The summed E-state index contributed by atoms with van der Waals surface area (Å²) in [7, 11) is 1.30. The Kier molecular flexibility index (Phi) is 5.69. The molecule has 6 heteroatoms. The van der Waals surface area contributed by atoms with Crippen LogP contribution in [0, 0.1) is 0 Å². The summed E-state index contributed by atoms with van der Waals surface area (Å²) in [4.78, 5) is 23.9. The second-order valence-electron chi connectivity index (χ2n) is 2.40. The van der Waals surface area contributed by atoms with E-state index < -0.39 is 5.91 Å². The Morgan fingerprint density at radius 3 is 2.40 bits per heavy atom. The molecular weight excluding hydrogens is 198 g/mol. The lowest BCUT2D eigenvalue weighted by Gasteiger charge is -2.13. The minimum Gasteiger partial charge on any atom is -0.398 e. The van der Waals surface area contributed by atoms with Crippen LogP contribution in [0.4, 0.5) is 5.69 Å². The minimum atomic E-state index is -0.472. The monoisotopic (exact) mass is 211 g/mol. The molecule has 4 N–H and O–H groups in total. The average molecular weight is 211 g/mol. The van der Waals surface area contributed by atoms with Gasteiger partial charge in [0, 0.05) is 5.69 Å². The molecule has 0 heterocycles. The highest BCUT2D eigenvalue weighted by Gasteiger charge is 2.13. The number of benzene rings is 1. The smallest absolute Gasteiger partial charge is 0.294 e. The molecule has 15 heavy (non-hydrogen) atoms. The number of nitrogens with two attached hydrogens (primary N) is 2. The van der Waals surface area contributed by atoms with Gasteiger partial charge in [0.1, 0.15) is 6.79 Å². The summed E-state index contributed by atoms with van der Waals surface area (Å²) in [6, 6.07) is 6.64. The van der Waals surface area contributed by atoms with Crippen molar-refractivity contribution in [2.75, 3.05) is 12.8 Å². The number of hydrazine groups is 1. The first-order valence-electron chi connectivity index (χ1n) is 3.93. The summed E-state index contributed by atoms with van der Waals surface area (Å²) < 4.78 is 0. The Balaban J connectivity index is 0.000000921. The van der Waals surface area contributed by atoms with Gasteiger partial charge < -0.3 is 10.5 Å². The molecule has 0 aromatic heterocycles. The predicted octanol–water partition coefficient (Wildman–Crippen LogP) is -0.0388. The van der Waals surface area contributed by atoms with Crippen LogP contribution in [-0.2, 0) is 9.63 Å². The fourth-order valence-electron chi connectivity index (χ4n) is 0.893. The van der Waals surface area contributed by atoms with Gasteiger partial charge in [-0.15, -0.1) is 5.17 Å². The molecule has 0 aliphatic heterocycles. The predicted molar refractivity (Wildman–Crippen MR) is 55.3 cm³/mol. The van der Waals surface area contributed by atoms with Crippen molar-refractivity contribution in [1.29, 1.82) is 0 Å². The summed E-state index contributed by atoms with van der Waals surface area (Å²) in [5.74, 6) is 4.75. The molecule has 1 rings (SSSR count). The van der Waals surface area contributed by atoms with E-state index in [1.807, 2.05) is 6.79 Å². The van der Waals surface area contributed by atoms with E-state index in [4.69, 9.17) is 16.4 Å². The van der Waals surface area contributed by atoms with Gasteiger partial charge in [0.15, 0.2) is 0 Å². The summed E-state index contributed by atoms with van der Waals surface area (Å²) in [5.41, 5.74) is 6.26. The first-order valence-corrected chi connectivity index (χ1v) is 3.93. The molecule has 1 aromatic carbocycles. The molecule has 0 bridgehead atoms. The van der Waals surface area contributed by atoms with Crippen molar-refractivity contribution in [1.82, 2.24) is 5.17 Å². The molecule has 1 amide bonds. The summed E-state index contributed by atoms with van der Waals surface area (Å²) in [6.45, 7) is 2.00. The Hall–Kier alpha value is -1.92. The third-order valence-corrected chi connectivity index (χ3v) is 1.59. The lowest BCUT2D eigenvalue weighted by molar-refractivity contribution is -0.0980. The second kappa shape index (κ2) is 6.52. The third kappa shape index (κ3) is 3.37. The lowest BCUT2D eigenvalue weighted by atomic mass is 10.2. The maximum Gasteiger partial charge on any atom is 0.294 e. The van der Waals surface area contributed by atoms with Crippen LogP contribution >= 0.6 is 0 Å². The largest absolute Gasteiger partial charge is 0.398 e. The zero-order valence-corrected chi connectivity index (χ0v) is 8.34. The fraction of sp³-hybridized carbons (Fsp3) is 0.111. The molecule has 82 valence electrons. The van der Waals surface area contributed by atoms with Crippen LogP contribution < -0.4 is 11.6 Å². The molecule has 0 unspecified atom stereocenters. The Morgan fingerprint density at radius 1 is 1.40 bits per heavy atom. The molecule has 0 spiro atoms. The van der Waals surface area contributed by atoms with Gasteiger partial charge in [0.2, 0.25) is 0 Å². The second-order valence-corrected chi connectivity index (χ2v) is 2.40. The van der Waals surface area contributed by atoms with Gasteiger partial charge in [-0.3, -0.25) is 9.63 Å². The Bertz CT molecular complexity index is 330. The molecular formula is C9H13N3O3. The molecule has 0 fully saturated rings. The SMILES string of the molecule is C=O.CON(N)C(=O)c1ccccc1N. The van der Waals surface area contributed by atoms with E-state index in [0.717, 1.165) is 0 Å². The van der Waals surface area contributed by atoms with Crippen LogP contribution in [0.2, 0.25) is 0 Å². The number of hydrogen-bond acceptors (Lipinski definition) is 5. The van der Waals surface area contributed by atoms with Gasteiger partial charge in [-0.05, 0) is 12.1 Å². The van der Waals surface area contributed by atoms with E-state index in [2.05, 4.69) is 4.84 Å². The fourth-order valence-corrected chi connectivity index (χ4v) is 0.893. The molecule has 6 nitrogen and oxygen atoms in total. The van der Waals surface area contributed by atoms with Crippen LogP contribution in [0.15, 0.2) is 24.3 Å². The number of rotatable bonds is 2. The first-order chi connectivity index (χ1) is 7.16. The Labute approximate surface area is 87.3 Å². The van der Waals surface area contributed by atoms with E-state index in [1.165, 1.54) is 7.11 Å². The maximum atomic E-state index is 11.4. The van der Waals surface area contributed by atoms with Crippen molar-refractivity contribution < 1.29 is 14.4 Å². The maximum absolute atomic E-state index is 11.4. The molecule has 0 saturated carbocycles. The molecule has 0 aliphatic carbocycles. The highest BCUT2D eigenvalue weighted by Crippen LogP contribution is 2.11. The summed E-state index contributed by atoms with van der Waals surface area (Å²) >= 11 is 0. The van der Waals surface area contributed by atoms with E-state index in [-0.39, 0.29) is 0 Å². The van der Waals surface area contributed by atoms with E-state index in [9.17, 15) is 4.79 Å². The van der Waals surface area contributed by atoms with E-state index >= 15 is 0 Å². The van der Waals surface area contributed by atoms with Crippen LogP contribution in [0.25, 0.3) is 0 Å².